The minimum atomic E-state index is -0.660. The van der Waals surface area contributed by atoms with Gasteiger partial charge in [0.2, 0.25) is 0 Å². The van der Waals surface area contributed by atoms with Crippen LogP contribution in [0.3, 0.4) is 0 Å². The Bertz CT molecular complexity index is 709. The van der Waals surface area contributed by atoms with E-state index in [2.05, 4.69) is 10.6 Å². The zero-order valence-corrected chi connectivity index (χ0v) is 13.1. The average molecular weight is 313 g/mol. The molecule has 0 atom stereocenters. The summed E-state index contributed by atoms with van der Waals surface area (Å²) in [6.45, 7) is 3.76. The van der Waals surface area contributed by atoms with Crippen molar-refractivity contribution in [2.24, 2.45) is 5.73 Å². The van der Waals surface area contributed by atoms with Crippen LogP contribution in [0.5, 0.6) is 5.75 Å². The topological polar surface area (TPSA) is 93.4 Å². The Labute approximate surface area is 134 Å². The fourth-order valence-electron chi connectivity index (χ4n) is 2.18. The number of carbonyl (C=O) groups excluding carboxylic acids is 2. The SMILES string of the molecule is Cc1cccc(C)c1OCC(=O)Nc1cccc(NC(N)=O)c1. The molecule has 0 saturated carbocycles. The molecule has 2 aromatic carbocycles. The molecule has 0 saturated heterocycles. The Kier molecular flexibility index (Phi) is 5.19. The molecule has 0 aromatic heterocycles. The molecule has 2 rings (SSSR count). The molecule has 0 bridgehead atoms. The lowest BCUT2D eigenvalue weighted by molar-refractivity contribution is -0.118. The molecule has 4 N–H and O–H groups in total. The molecule has 6 heteroatoms. The second-order valence-electron chi connectivity index (χ2n) is 5.13. The molecule has 3 amide bonds. The van der Waals surface area contributed by atoms with Crippen LogP contribution < -0.4 is 21.1 Å². The number of primary amides is 1. The average Bonchev–Trinajstić information content (AvgIpc) is 2.46. The standard InChI is InChI=1S/C17H19N3O3/c1-11-5-3-6-12(2)16(11)23-10-15(21)19-13-7-4-8-14(9-13)20-17(18)22/h3-9H,10H2,1-2H3,(H,19,21)(H3,18,20,22). The van der Waals surface area contributed by atoms with Crippen LogP contribution in [-0.4, -0.2) is 18.5 Å². The van der Waals surface area contributed by atoms with Gasteiger partial charge in [0.1, 0.15) is 5.75 Å². The molecule has 0 spiro atoms. The number of amides is 3. The van der Waals surface area contributed by atoms with Crippen molar-refractivity contribution in [1.82, 2.24) is 0 Å². The van der Waals surface area contributed by atoms with Gasteiger partial charge in [-0.1, -0.05) is 24.3 Å². The molecule has 120 valence electrons. The minimum absolute atomic E-state index is 0.0980. The van der Waals surface area contributed by atoms with E-state index in [1.165, 1.54) is 0 Å². The highest BCUT2D eigenvalue weighted by Crippen LogP contribution is 2.22. The summed E-state index contributed by atoms with van der Waals surface area (Å²) < 4.78 is 5.59. The lowest BCUT2D eigenvalue weighted by Gasteiger charge is -2.12. The highest BCUT2D eigenvalue weighted by molar-refractivity contribution is 5.93. The van der Waals surface area contributed by atoms with Crippen molar-refractivity contribution in [1.29, 1.82) is 0 Å². The summed E-state index contributed by atoms with van der Waals surface area (Å²) in [5, 5.41) is 5.16. The Morgan fingerprint density at radius 3 is 2.17 bits per heavy atom. The maximum Gasteiger partial charge on any atom is 0.316 e. The van der Waals surface area contributed by atoms with Crippen LogP contribution in [0.15, 0.2) is 42.5 Å². The number of hydrogen-bond acceptors (Lipinski definition) is 3. The number of benzene rings is 2. The van der Waals surface area contributed by atoms with Gasteiger partial charge < -0.3 is 21.1 Å². The highest BCUT2D eigenvalue weighted by Gasteiger charge is 2.08. The minimum Gasteiger partial charge on any atom is -0.483 e. The summed E-state index contributed by atoms with van der Waals surface area (Å²) in [7, 11) is 0. The zero-order chi connectivity index (χ0) is 16.8. The molecule has 0 unspecified atom stereocenters. The van der Waals surface area contributed by atoms with E-state index in [0.717, 1.165) is 11.1 Å². The van der Waals surface area contributed by atoms with Gasteiger partial charge in [0.05, 0.1) is 0 Å². The van der Waals surface area contributed by atoms with Gasteiger partial charge in [0.15, 0.2) is 6.61 Å². The summed E-state index contributed by atoms with van der Waals surface area (Å²) >= 11 is 0. The predicted octanol–water partition coefficient (Wildman–Crippen LogP) is 2.81. The molecule has 0 radical (unpaired) electrons. The van der Waals surface area contributed by atoms with Crippen molar-refractivity contribution in [3.63, 3.8) is 0 Å². The van der Waals surface area contributed by atoms with E-state index in [1.54, 1.807) is 24.3 Å². The molecular weight excluding hydrogens is 294 g/mol. The molecule has 6 nitrogen and oxygen atoms in total. The van der Waals surface area contributed by atoms with Crippen molar-refractivity contribution >= 4 is 23.3 Å². The van der Waals surface area contributed by atoms with Crippen LogP contribution in [0.2, 0.25) is 0 Å². The third kappa shape index (κ3) is 4.74. The van der Waals surface area contributed by atoms with E-state index in [0.29, 0.717) is 17.1 Å². The third-order valence-corrected chi connectivity index (χ3v) is 3.17. The Hall–Kier alpha value is -3.02. The Balaban J connectivity index is 1.96. The van der Waals surface area contributed by atoms with Gasteiger partial charge in [-0.2, -0.15) is 0 Å². The maximum atomic E-state index is 12.0. The molecule has 0 fully saturated rings. The second-order valence-corrected chi connectivity index (χ2v) is 5.13. The lowest BCUT2D eigenvalue weighted by Crippen LogP contribution is -2.21. The molecule has 23 heavy (non-hydrogen) atoms. The van der Waals surface area contributed by atoms with Gasteiger partial charge in [-0.05, 0) is 43.2 Å². The van der Waals surface area contributed by atoms with Crippen LogP contribution in [0, 0.1) is 13.8 Å². The molecule has 0 heterocycles. The number of hydrogen-bond donors (Lipinski definition) is 3. The number of anilines is 2. The monoisotopic (exact) mass is 313 g/mol. The fraction of sp³-hybridized carbons (Fsp3) is 0.176. The van der Waals surface area contributed by atoms with Crippen LogP contribution >= 0.6 is 0 Å². The van der Waals surface area contributed by atoms with Crippen molar-refractivity contribution in [2.75, 3.05) is 17.2 Å². The first kappa shape index (κ1) is 16.4. The van der Waals surface area contributed by atoms with Crippen molar-refractivity contribution < 1.29 is 14.3 Å². The van der Waals surface area contributed by atoms with Gasteiger partial charge in [0, 0.05) is 11.4 Å². The summed E-state index contributed by atoms with van der Waals surface area (Å²) in [6.07, 6.45) is 0. The van der Waals surface area contributed by atoms with E-state index in [1.807, 2.05) is 32.0 Å². The Morgan fingerprint density at radius 1 is 1.00 bits per heavy atom. The number of ether oxygens (including phenoxy) is 1. The smallest absolute Gasteiger partial charge is 0.316 e. The fourth-order valence-corrected chi connectivity index (χ4v) is 2.18. The first-order valence-electron chi connectivity index (χ1n) is 7.11. The number of aryl methyl sites for hydroxylation is 2. The molecule has 2 aromatic rings. The van der Waals surface area contributed by atoms with Crippen molar-refractivity contribution in [3.05, 3.63) is 53.6 Å². The van der Waals surface area contributed by atoms with Gasteiger partial charge in [-0.3, -0.25) is 4.79 Å². The number of nitrogens with one attached hydrogen (secondary N) is 2. The number of para-hydroxylation sites is 1. The number of nitrogens with two attached hydrogens (primary N) is 1. The van der Waals surface area contributed by atoms with E-state index >= 15 is 0 Å². The Morgan fingerprint density at radius 2 is 1.57 bits per heavy atom. The van der Waals surface area contributed by atoms with Crippen LogP contribution in [0.25, 0.3) is 0 Å². The first-order valence-corrected chi connectivity index (χ1v) is 7.11. The maximum absolute atomic E-state index is 12.0. The largest absolute Gasteiger partial charge is 0.483 e. The van der Waals surface area contributed by atoms with E-state index < -0.39 is 6.03 Å². The lowest BCUT2D eigenvalue weighted by atomic mass is 10.1. The quantitative estimate of drug-likeness (QED) is 0.792. The van der Waals surface area contributed by atoms with Crippen LogP contribution in [0.1, 0.15) is 11.1 Å². The van der Waals surface area contributed by atoms with Crippen LogP contribution in [0.4, 0.5) is 16.2 Å². The highest BCUT2D eigenvalue weighted by atomic mass is 16.5. The summed E-state index contributed by atoms with van der Waals surface area (Å²) in [5.41, 5.74) is 8.07. The van der Waals surface area contributed by atoms with Gasteiger partial charge in [-0.15, -0.1) is 0 Å². The number of rotatable bonds is 5. The number of urea groups is 1. The normalized spacial score (nSPS) is 10.0. The van der Waals surface area contributed by atoms with Crippen LogP contribution in [-0.2, 0) is 4.79 Å². The predicted molar refractivity (Wildman–Crippen MR) is 89.7 cm³/mol. The molecule has 0 aliphatic carbocycles. The summed E-state index contributed by atoms with van der Waals surface area (Å²) in [5.74, 6) is 0.427. The van der Waals surface area contributed by atoms with E-state index in [9.17, 15) is 9.59 Å². The second kappa shape index (κ2) is 7.31. The molecular formula is C17H19N3O3. The molecule has 0 aliphatic rings. The third-order valence-electron chi connectivity index (χ3n) is 3.17. The molecule has 0 aliphatic heterocycles. The van der Waals surface area contributed by atoms with Gasteiger partial charge in [-0.25, -0.2) is 4.79 Å². The van der Waals surface area contributed by atoms with Crippen molar-refractivity contribution in [2.45, 2.75) is 13.8 Å². The van der Waals surface area contributed by atoms with Crippen molar-refractivity contribution in [3.8, 4) is 5.75 Å². The summed E-state index contributed by atoms with van der Waals surface area (Å²) in [6, 6.07) is 11.8. The van der Waals surface area contributed by atoms with E-state index in [4.69, 9.17) is 10.5 Å². The first-order chi connectivity index (χ1) is 11.0. The zero-order valence-electron chi connectivity index (χ0n) is 13.1. The number of carbonyl (C=O) groups is 2. The van der Waals surface area contributed by atoms with Gasteiger partial charge >= 0.3 is 6.03 Å². The van der Waals surface area contributed by atoms with Gasteiger partial charge in [0.25, 0.3) is 5.91 Å². The summed E-state index contributed by atoms with van der Waals surface area (Å²) in [4.78, 5) is 22.8. The van der Waals surface area contributed by atoms with E-state index in [-0.39, 0.29) is 12.5 Å².